The lowest BCUT2D eigenvalue weighted by atomic mass is 10.1. The average Bonchev–Trinajstić information content (AvgIpc) is 2.30. The summed E-state index contributed by atoms with van der Waals surface area (Å²) in [5.41, 5.74) is 0.711. The highest BCUT2D eigenvalue weighted by molar-refractivity contribution is 7.58. The van der Waals surface area contributed by atoms with Gasteiger partial charge in [0.05, 0.1) is 17.4 Å². The van der Waals surface area contributed by atoms with Crippen molar-refractivity contribution in [3.8, 4) is 0 Å². The number of benzene rings is 1. The fraction of sp³-hybridized carbons (Fsp3) is 0.0909. The van der Waals surface area contributed by atoms with E-state index >= 15 is 0 Å². The van der Waals surface area contributed by atoms with Crippen molar-refractivity contribution < 1.29 is 19.1 Å². The minimum atomic E-state index is -0.518. The van der Waals surface area contributed by atoms with Crippen molar-refractivity contribution in [2.45, 2.75) is 0 Å². The van der Waals surface area contributed by atoms with Gasteiger partial charge in [-0.15, -0.1) is 0 Å². The Balaban J connectivity index is 2.78. The molecule has 5 heteroatoms. The topological polar surface area (TPSA) is 52.6 Å². The summed E-state index contributed by atoms with van der Waals surface area (Å²) in [6, 6.07) is 5.94. The van der Waals surface area contributed by atoms with Gasteiger partial charge in [0.25, 0.3) is 0 Å². The first-order valence-electron chi connectivity index (χ1n) is 4.42. The maximum absolute atomic E-state index is 11.3. The van der Waals surface area contributed by atoms with Crippen LogP contribution >= 0.6 is 0 Å². The summed E-state index contributed by atoms with van der Waals surface area (Å²) in [5.74, 6) is -0.854. The SMILES string of the molecule is C=COC(=O)c1ccc(C(=O)OC[SH2+])cc1. The molecular formula is C11H11O4S+. The van der Waals surface area contributed by atoms with E-state index in [9.17, 15) is 9.59 Å². The zero-order valence-electron chi connectivity index (χ0n) is 8.43. The van der Waals surface area contributed by atoms with Crippen LogP contribution in [0.25, 0.3) is 0 Å². The fourth-order valence-corrected chi connectivity index (χ4v) is 1.17. The third-order valence-electron chi connectivity index (χ3n) is 1.75. The summed E-state index contributed by atoms with van der Waals surface area (Å²) in [5, 5.41) is 0. The van der Waals surface area contributed by atoms with E-state index in [0.29, 0.717) is 11.1 Å². The molecule has 0 aliphatic heterocycles. The van der Waals surface area contributed by atoms with Crippen LogP contribution in [-0.2, 0) is 22.1 Å². The number of hydrogen-bond acceptors (Lipinski definition) is 4. The van der Waals surface area contributed by atoms with Crippen molar-refractivity contribution in [3.05, 3.63) is 48.2 Å². The van der Waals surface area contributed by atoms with Crippen LogP contribution < -0.4 is 0 Å². The molecule has 0 saturated carbocycles. The van der Waals surface area contributed by atoms with Crippen molar-refractivity contribution >= 4 is 24.6 Å². The normalized spacial score (nSPS) is 9.31. The molecule has 16 heavy (non-hydrogen) atoms. The van der Waals surface area contributed by atoms with Gasteiger partial charge in [0.2, 0.25) is 5.94 Å². The fourth-order valence-electron chi connectivity index (χ4n) is 1.04. The number of carbonyl (C=O) groups is 2. The maximum atomic E-state index is 11.3. The van der Waals surface area contributed by atoms with E-state index in [1.54, 1.807) is 0 Å². The second-order valence-electron chi connectivity index (χ2n) is 2.73. The average molecular weight is 239 g/mol. The lowest BCUT2D eigenvalue weighted by molar-refractivity contribution is 0.0578. The largest absolute Gasteiger partial charge is 0.432 e. The first-order valence-corrected chi connectivity index (χ1v) is 5.13. The zero-order valence-corrected chi connectivity index (χ0v) is 9.43. The first-order chi connectivity index (χ1) is 7.69. The highest BCUT2D eigenvalue weighted by Gasteiger charge is 2.10. The highest BCUT2D eigenvalue weighted by atomic mass is 32.1. The van der Waals surface area contributed by atoms with Crippen molar-refractivity contribution in [3.63, 3.8) is 0 Å². The van der Waals surface area contributed by atoms with Gasteiger partial charge in [-0.25, -0.2) is 9.59 Å². The molecule has 1 aromatic rings. The Kier molecular flexibility index (Phi) is 4.60. The molecule has 0 aromatic heterocycles. The molecule has 0 atom stereocenters. The van der Waals surface area contributed by atoms with Crippen molar-refractivity contribution in [1.29, 1.82) is 0 Å². The third-order valence-corrected chi connectivity index (χ3v) is 1.89. The van der Waals surface area contributed by atoms with Gasteiger partial charge in [0.15, 0.2) is 0 Å². The van der Waals surface area contributed by atoms with Crippen molar-refractivity contribution in [1.82, 2.24) is 0 Å². The predicted octanol–water partition coefficient (Wildman–Crippen LogP) is 1.11. The van der Waals surface area contributed by atoms with Gasteiger partial charge >= 0.3 is 11.9 Å². The highest BCUT2D eigenvalue weighted by Crippen LogP contribution is 2.07. The van der Waals surface area contributed by atoms with Gasteiger partial charge in [-0.05, 0) is 36.9 Å². The molecule has 4 nitrogen and oxygen atoms in total. The van der Waals surface area contributed by atoms with Crippen LogP contribution in [0.15, 0.2) is 37.1 Å². The molecule has 1 aromatic carbocycles. The van der Waals surface area contributed by atoms with Crippen molar-refractivity contribution in [2.24, 2.45) is 0 Å². The number of hydrogen-bond donors (Lipinski definition) is 0. The monoisotopic (exact) mass is 239 g/mol. The minimum Gasteiger partial charge on any atom is -0.432 e. The van der Waals surface area contributed by atoms with Crippen LogP contribution in [0.4, 0.5) is 0 Å². The van der Waals surface area contributed by atoms with Crippen LogP contribution in [0, 0.1) is 0 Å². The molecule has 0 radical (unpaired) electrons. The molecule has 0 fully saturated rings. The van der Waals surface area contributed by atoms with E-state index in [0.717, 1.165) is 6.26 Å². The molecule has 0 unspecified atom stereocenters. The van der Waals surface area contributed by atoms with Crippen LogP contribution in [0.2, 0.25) is 0 Å². The summed E-state index contributed by atoms with van der Waals surface area (Å²) in [6.45, 7) is 3.27. The zero-order chi connectivity index (χ0) is 12.0. The molecular weight excluding hydrogens is 228 g/mol. The Morgan fingerprint density at radius 3 is 2.12 bits per heavy atom. The van der Waals surface area contributed by atoms with Gasteiger partial charge in [-0.1, -0.05) is 6.58 Å². The maximum Gasteiger partial charge on any atom is 0.342 e. The summed E-state index contributed by atoms with van der Waals surface area (Å²) in [7, 11) is 0. The molecule has 0 heterocycles. The molecule has 0 amide bonds. The summed E-state index contributed by atoms with van der Waals surface area (Å²) in [6.07, 6.45) is 1.05. The quantitative estimate of drug-likeness (QED) is 0.449. The Morgan fingerprint density at radius 1 is 1.19 bits per heavy atom. The summed E-state index contributed by atoms with van der Waals surface area (Å²) >= 11 is 3.02. The van der Waals surface area contributed by atoms with E-state index in [1.807, 2.05) is 0 Å². The van der Waals surface area contributed by atoms with Gasteiger partial charge < -0.3 is 9.47 Å². The van der Waals surface area contributed by atoms with E-state index in [-0.39, 0.29) is 5.94 Å². The molecule has 84 valence electrons. The van der Waals surface area contributed by atoms with Crippen LogP contribution in [0.5, 0.6) is 0 Å². The second-order valence-corrected chi connectivity index (χ2v) is 3.01. The lowest BCUT2D eigenvalue weighted by Crippen LogP contribution is -2.06. The van der Waals surface area contributed by atoms with Gasteiger partial charge in [0.1, 0.15) is 0 Å². The van der Waals surface area contributed by atoms with E-state index in [4.69, 9.17) is 4.74 Å². The van der Waals surface area contributed by atoms with Gasteiger partial charge in [-0.3, -0.25) is 0 Å². The first kappa shape index (κ1) is 12.3. The lowest BCUT2D eigenvalue weighted by Gasteiger charge is -2.01. The van der Waals surface area contributed by atoms with E-state index in [1.165, 1.54) is 24.3 Å². The second kappa shape index (κ2) is 5.97. The van der Waals surface area contributed by atoms with E-state index in [2.05, 4.69) is 23.9 Å². The molecule has 0 saturated heterocycles. The predicted molar refractivity (Wildman–Crippen MR) is 62.5 cm³/mol. The summed E-state index contributed by atoms with van der Waals surface area (Å²) < 4.78 is 9.29. The van der Waals surface area contributed by atoms with E-state index < -0.39 is 11.9 Å². The third kappa shape index (κ3) is 3.13. The molecule has 0 bridgehead atoms. The molecule has 1 rings (SSSR count). The Morgan fingerprint density at radius 2 is 1.69 bits per heavy atom. The Labute approximate surface area is 98.3 Å². The van der Waals surface area contributed by atoms with Gasteiger partial charge in [0, 0.05) is 0 Å². The number of carbonyl (C=O) groups excluding carboxylic acids is 2. The standard InChI is InChI=1S/C11H10O4S/c1-2-14-10(12)8-3-5-9(6-4-8)11(13)15-7-16/h2-6,16H,1,7H2/p+1. The van der Waals surface area contributed by atoms with Crippen LogP contribution in [-0.4, -0.2) is 17.9 Å². The number of rotatable bonds is 4. The van der Waals surface area contributed by atoms with Gasteiger partial charge in [-0.2, -0.15) is 0 Å². The molecule has 0 spiro atoms. The molecule has 0 aliphatic carbocycles. The number of esters is 2. The minimum absolute atomic E-state index is 0.124. The summed E-state index contributed by atoms with van der Waals surface area (Å²) in [4.78, 5) is 22.5. The van der Waals surface area contributed by atoms with Crippen molar-refractivity contribution in [2.75, 3.05) is 5.94 Å². The Bertz CT molecular complexity index is 397. The van der Waals surface area contributed by atoms with Crippen LogP contribution in [0.1, 0.15) is 20.7 Å². The Hall–Kier alpha value is -1.75. The number of ether oxygens (including phenoxy) is 2. The van der Waals surface area contributed by atoms with Crippen LogP contribution in [0.3, 0.4) is 0 Å². The molecule has 0 aliphatic rings. The molecule has 0 N–H and O–H groups in total. The smallest absolute Gasteiger partial charge is 0.342 e.